The maximum Gasteiger partial charge on any atom is 0.273 e. The van der Waals surface area contributed by atoms with Crippen LogP contribution in [0.1, 0.15) is 59.2 Å². The van der Waals surface area contributed by atoms with E-state index in [1.54, 1.807) is 17.1 Å². The Labute approximate surface area is 218 Å². The predicted molar refractivity (Wildman–Crippen MR) is 140 cm³/mol. The van der Waals surface area contributed by atoms with Crippen LogP contribution in [-0.4, -0.2) is 41.1 Å². The molecular formula is C28H27FN8O. The number of carbonyl (C=O) groups excluding carboxylic acids is 1. The van der Waals surface area contributed by atoms with E-state index in [-0.39, 0.29) is 17.4 Å². The first-order valence-electron chi connectivity index (χ1n) is 12.9. The van der Waals surface area contributed by atoms with Crippen molar-refractivity contribution in [3.63, 3.8) is 0 Å². The van der Waals surface area contributed by atoms with Crippen LogP contribution in [0.5, 0.6) is 0 Å². The molecule has 1 fully saturated rings. The Morgan fingerprint density at radius 3 is 2.71 bits per heavy atom. The number of amides is 1. The molecule has 5 aromatic rings. The molecule has 0 saturated heterocycles. The lowest BCUT2D eigenvalue weighted by molar-refractivity contribution is 0.0945. The fourth-order valence-electron chi connectivity index (χ4n) is 4.63. The second-order valence-corrected chi connectivity index (χ2v) is 9.62. The van der Waals surface area contributed by atoms with Crippen molar-refractivity contribution >= 4 is 16.9 Å². The van der Waals surface area contributed by atoms with Gasteiger partial charge >= 0.3 is 0 Å². The molecule has 1 aromatic carbocycles. The van der Waals surface area contributed by atoms with Crippen molar-refractivity contribution in [1.29, 1.82) is 0 Å². The number of pyridine rings is 1. The van der Waals surface area contributed by atoms with Gasteiger partial charge in [0.05, 0.1) is 24.1 Å². The van der Waals surface area contributed by atoms with E-state index < -0.39 is 0 Å². The van der Waals surface area contributed by atoms with Crippen molar-refractivity contribution in [3.05, 3.63) is 89.5 Å². The van der Waals surface area contributed by atoms with E-state index in [1.165, 1.54) is 17.8 Å². The first-order valence-corrected chi connectivity index (χ1v) is 12.9. The third-order valence-electron chi connectivity index (χ3n) is 6.75. The number of hydrogen-bond donors (Lipinski definition) is 2. The number of H-pyrrole nitrogens is 1. The zero-order chi connectivity index (χ0) is 25.9. The Morgan fingerprint density at radius 1 is 1.05 bits per heavy atom. The zero-order valence-corrected chi connectivity index (χ0v) is 20.8. The van der Waals surface area contributed by atoms with Gasteiger partial charge < -0.3 is 10.3 Å². The molecule has 6 rings (SSSR count). The van der Waals surface area contributed by atoms with E-state index in [4.69, 9.17) is 0 Å². The van der Waals surface area contributed by atoms with Crippen molar-refractivity contribution in [2.24, 2.45) is 0 Å². The summed E-state index contributed by atoms with van der Waals surface area (Å²) < 4.78 is 15.2. The number of benzene rings is 1. The molecule has 38 heavy (non-hydrogen) atoms. The second-order valence-electron chi connectivity index (χ2n) is 9.62. The van der Waals surface area contributed by atoms with E-state index in [9.17, 15) is 9.18 Å². The summed E-state index contributed by atoms with van der Waals surface area (Å²) in [6.45, 7) is 0.983. The molecule has 1 aliphatic carbocycles. The fourth-order valence-corrected chi connectivity index (χ4v) is 4.63. The van der Waals surface area contributed by atoms with Gasteiger partial charge in [0.2, 0.25) is 0 Å². The van der Waals surface area contributed by atoms with Gasteiger partial charge in [0.1, 0.15) is 5.82 Å². The molecule has 1 saturated carbocycles. The van der Waals surface area contributed by atoms with Gasteiger partial charge in [-0.3, -0.25) is 14.5 Å². The van der Waals surface area contributed by atoms with Crippen LogP contribution in [-0.2, 0) is 19.5 Å². The molecule has 1 aliphatic rings. The smallest absolute Gasteiger partial charge is 0.273 e. The van der Waals surface area contributed by atoms with Crippen LogP contribution in [0.2, 0.25) is 0 Å². The quantitative estimate of drug-likeness (QED) is 0.266. The summed E-state index contributed by atoms with van der Waals surface area (Å²) >= 11 is 0. The van der Waals surface area contributed by atoms with E-state index in [0.29, 0.717) is 19.0 Å². The summed E-state index contributed by atoms with van der Waals surface area (Å²) in [5.74, 6) is -0.0245. The molecule has 10 heteroatoms. The number of aryl methyl sites for hydroxylation is 2. The summed E-state index contributed by atoms with van der Waals surface area (Å²) in [5, 5.41) is 20.8. The summed E-state index contributed by atoms with van der Waals surface area (Å²) in [4.78, 5) is 20.0. The van der Waals surface area contributed by atoms with E-state index in [0.717, 1.165) is 65.7 Å². The van der Waals surface area contributed by atoms with Gasteiger partial charge in [-0.1, -0.05) is 23.4 Å². The van der Waals surface area contributed by atoms with Gasteiger partial charge in [0.25, 0.3) is 5.91 Å². The molecule has 0 atom stereocenters. The van der Waals surface area contributed by atoms with Crippen LogP contribution in [0.4, 0.5) is 4.39 Å². The number of aromatic nitrogens is 7. The molecule has 0 aliphatic heterocycles. The average molecular weight is 511 g/mol. The molecule has 9 nitrogen and oxygen atoms in total. The van der Waals surface area contributed by atoms with Crippen LogP contribution in [0, 0.1) is 5.82 Å². The summed E-state index contributed by atoms with van der Waals surface area (Å²) in [6.07, 6.45) is 8.15. The molecular weight excluding hydrogens is 483 g/mol. The van der Waals surface area contributed by atoms with Crippen LogP contribution in [0.3, 0.4) is 0 Å². The van der Waals surface area contributed by atoms with Gasteiger partial charge in [-0.2, -0.15) is 5.10 Å². The molecule has 0 radical (unpaired) electrons. The largest absolute Gasteiger partial charge is 0.345 e. The third-order valence-corrected chi connectivity index (χ3v) is 6.75. The van der Waals surface area contributed by atoms with Gasteiger partial charge in [-0.25, -0.2) is 4.39 Å². The van der Waals surface area contributed by atoms with E-state index >= 15 is 0 Å². The third kappa shape index (κ3) is 5.29. The van der Waals surface area contributed by atoms with Crippen molar-refractivity contribution in [2.75, 3.05) is 0 Å². The molecule has 2 N–H and O–H groups in total. The SMILES string of the molecule is O=C(NCc1ccccn1)c1cn(CCCCc2cc3c(-c4ccc(F)cc4)c(C4CC4)[nH]c3nn2)nn1. The number of carbonyl (C=O) groups is 1. The van der Waals surface area contributed by atoms with Gasteiger partial charge in [0, 0.05) is 29.4 Å². The second kappa shape index (κ2) is 10.5. The number of aromatic amines is 1. The van der Waals surface area contributed by atoms with E-state index in [1.807, 2.05) is 30.3 Å². The van der Waals surface area contributed by atoms with Crippen molar-refractivity contribution in [3.8, 4) is 11.1 Å². The highest BCUT2D eigenvalue weighted by atomic mass is 19.1. The molecule has 0 bridgehead atoms. The first kappa shape index (κ1) is 23.9. The average Bonchev–Trinajstić information content (AvgIpc) is 3.56. The Balaban J connectivity index is 1.07. The highest BCUT2D eigenvalue weighted by molar-refractivity contribution is 5.96. The Bertz CT molecular complexity index is 1560. The number of nitrogens with one attached hydrogen (secondary N) is 2. The zero-order valence-electron chi connectivity index (χ0n) is 20.8. The van der Waals surface area contributed by atoms with Crippen LogP contribution in [0.25, 0.3) is 22.2 Å². The minimum atomic E-state index is -0.278. The highest BCUT2D eigenvalue weighted by Crippen LogP contribution is 2.46. The lowest BCUT2D eigenvalue weighted by Gasteiger charge is -2.05. The monoisotopic (exact) mass is 510 g/mol. The highest BCUT2D eigenvalue weighted by Gasteiger charge is 2.30. The Kier molecular flexibility index (Phi) is 6.60. The van der Waals surface area contributed by atoms with Gasteiger partial charge in [0.15, 0.2) is 11.3 Å². The minimum absolute atomic E-state index is 0.244. The molecule has 1 amide bonds. The van der Waals surface area contributed by atoms with Gasteiger partial charge in [-0.05, 0) is 73.9 Å². The topological polar surface area (TPSA) is 114 Å². The lowest BCUT2D eigenvalue weighted by atomic mass is 10.00. The maximum atomic E-state index is 13.6. The summed E-state index contributed by atoms with van der Waals surface area (Å²) in [7, 11) is 0. The lowest BCUT2D eigenvalue weighted by Crippen LogP contribution is -2.23. The number of unbranched alkanes of at least 4 members (excludes halogenated alkanes) is 1. The van der Waals surface area contributed by atoms with Crippen molar-refractivity contribution < 1.29 is 9.18 Å². The number of fused-ring (bicyclic) bond motifs is 1. The number of halogens is 1. The number of nitrogens with zero attached hydrogens (tertiary/aromatic N) is 6. The maximum absolute atomic E-state index is 13.6. The molecule has 192 valence electrons. The van der Waals surface area contributed by atoms with Gasteiger partial charge in [-0.15, -0.1) is 10.2 Å². The Morgan fingerprint density at radius 2 is 1.92 bits per heavy atom. The molecule has 4 heterocycles. The van der Waals surface area contributed by atoms with Crippen molar-refractivity contribution in [1.82, 2.24) is 40.5 Å². The van der Waals surface area contributed by atoms with Crippen LogP contribution >= 0.6 is 0 Å². The molecule has 4 aromatic heterocycles. The van der Waals surface area contributed by atoms with Crippen molar-refractivity contribution in [2.45, 2.75) is 51.1 Å². The number of hydrogen-bond acceptors (Lipinski definition) is 6. The summed E-state index contributed by atoms with van der Waals surface area (Å²) in [6, 6.07) is 14.3. The predicted octanol–water partition coefficient (Wildman–Crippen LogP) is 4.58. The minimum Gasteiger partial charge on any atom is -0.345 e. The van der Waals surface area contributed by atoms with E-state index in [2.05, 4.69) is 41.9 Å². The number of rotatable bonds is 10. The van der Waals surface area contributed by atoms with Crippen LogP contribution < -0.4 is 5.32 Å². The Hall–Kier alpha value is -4.47. The fraction of sp³-hybridized carbons (Fsp3) is 0.286. The standard InChI is InChI=1S/C28H27FN8O/c29-20-11-9-18(10-12-20)25-23-15-21(33-35-27(23)32-26(25)19-7-8-19)5-2-4-14-37-17-24(34-36-37)28(38)31-16-22-6-1-3-13-30-22/h1,3,6,9-13,15,17,19H,2,4-5,7-8,14,16H2,(H,31,38)(H,32,35). The van der Waals surface area contributed by atoms with Crippen LogP contribution in [0.15, 0.2) is 60.9 Å². The molecule has 0 unspecified atom stereocenters. The molecule has 0 spiro atoms. The normalized spacial score (nSPS) is 13.2. The first-order chi connectivity index (χ1) is 18.6. The summed E-state index contributed by atoms with van der Waals surface area (Å²) in [5.41, 5.74) is 6.01.